The average Bonchev–Trinajstić information content (AvgIpc) is 2.47. The molecule has 1 fully saturated rings. The van der Waals surface area contributed by atoms with Gasteiger partial charge in [0.15, 0.2) is 0 Å². The molecule has 0 aromatic heterocycles. The Morgan fingerprint density at radius 2 is 1.65 bits per heavy atom. The Bertz CT molecular complexity index is 531. The highest BCUT2D eigenvalue weighted by Gasteiger charge is 2.29. The second-order valence-electron chi connectivity index (χ2n) is 5.51. The molecule has 1 aliphatic rings. The lowest BCUT2D eigenvalue weighted by molar-refractivity contribution is 0.142. The van der Waals surface area contributed by atoms with Gasteiger partial charge in [-0.2, -0.15) is 4.31 Å². The van der Waals surface area contributed by atoms with Crippen LogP contribution in [0.4, 0.5) is 0 Å². The summed E-state index contributed by atoms with van der Waals surface area (Å²) in [7, 11) is -3.33. The second-order valence-corrected chi connectivity index (χ2v) is 7.45. The minimum atomic E-state index is -3.33. The van der Waals surface area contributed by atoms with E-state index < -0.39 is 10.0 Å². The number of hydrogen-bond donors (Lipinski definition) is 0. The number of piperazine rings is 1. The van der Waals surface area contributed by atoms with Gasteiger partial charge < -0.3 is 0 Å². The third-order valence-electron chi connectivity index (χ3n) is 4.15. The molecule has 0 bridgehead atoms. The number of sulfonamides is 1. The molecule has 1 heterocycles. The largest absolute Gasteiger partial charge is 0.298 e. The summed E-state index contributed by atoms with van der Waals surface area (Å²) in [6.07, 6.45) is 1.10. The molecule has 0 spiro atoms. The zero-order valence-corrected chi connectivity index (χ0v) is 13.4. The monoisotopic (exact) mass is 296 g/mol. The molecule has 4 nitrogen and oxygen atoms in total. The van der Waals surface area contributed by atoms with Crippen molar-refractivity contribution >= 4 is 10.0 Å². The van der Waals surface area contributed by atoms with Crippen molar-refractivity contribution in [2.24, 2.45) is 0 Å². The van der Waals surface area contributed by atoms with Crippen molar-refractivity contribution in [1.29, 1.82) is 0 Å². The molecule has 0 aliphatic carbocycles. The molecule has 1 unspecified atom stereocenters. The van der Waals surface area contributed by atoms with E-state index in [-0.39, 0.29) is 0 Å². The summed E-state index contributed by atoms with van der Waals surface area (Å²) in [5, 5.41) is 0. The van der Waals surface area contributed by atoms with Crippen molar-refractivity contribution < 1.29 is 8.42 Å². The van der Waals surface area contributed by atoms with Crippen molar-refractivity contribution in [3.8, 4) is 0 Å². The van der Waals surface area contributed by atoms with Gasteiger partial charge in [-0.25, -0.2) is 8.42 Å². The zero-order valence-electron chi connectivity index (χ0n) is 12.5. The van der Waals surface area contributed by atoms with E-state index in [0.717, 1.165) is 25.1 Å². The predicted octanol–water partition coefficient (Wildman–Crippen LogP) is 2.10. The van der Waals surface area contributed by atoms with Crippen molar-refractivity contribution in [1.82, 2.24) is 9.21 Å². The summed E-state index contributed by atoms with van der Waals surface area (Å²) in [5.74, 6) is 0. The van der Waals surface area contributed by atoms with Crippen LogP contribution in [0, 0.1) is 6.92 Å². The Kier molecular flexibility index (Phi) is 4.83. The first-order chi connectivity index (χ1) is 9.45. The van der Waals surface area contributed by atoms with Gasteiger partial charge in [-0.05, 0) is 32.4 Å². The van der Waals surface area contributed by atoms with Crippen LogP contribution in [0.3, 0.4) is 0 Å². The Morgan fingerprint density at radius 1 is 1.10 bits per heavy atom. The Morgan fingerprint density at radius 3 is 2.15 bits per heavy atom. The van der Waals surface area contributed by atoms with Crippen LogP contribution >= 0.6 is 0 Å². The van der Waals surface area contributed by atoms with Crippen LogP contribution in [0.15, 0.2) is 29.2 Å². The van der Waals surface area contributed by atoms with Crippen LogP contribution in [0.1, 0.15) is 25.8 Å². The molecule has 1 aliphatic heterocycles. The van der Waals surface area contributed by atoms with Crippen LogP contribution in [-0.4, -0.2) is 49.8 Å². The van der Waals surface area contributed by atoms with Gasteiger partial charge in [0.1, 0.15) is 0 Å². The first kappa shape index (κ1) is 15.5. The third kappa shape index (κ3) is 3.22. The van der Waals surface area contributed by atoms with Crippen LogP contribution in [0.5, 0.6) is 0 Å². The van der Waals surface area contributed by atoms with Crippen LogP contribution in [0.2, 0.25) is 0 Å². The zero-order chi connectivity index (χ0) is 14.8. The SMILES string of the molecule is CCC(C)N1CCN(S(=O)(=O)c2ccc(C)cc2)CC1. The lowest BCUT2D eigenvalue weighted by atomic mass is 10.2. The fraction of sp³-hybridized carbons (Fsp3) is 0.600. The van der Waals surface area contributed by atoms with Crippen molar-refractivity contribution in [3.05, 3.63) is 29.8 Å². The Labute approximate surface area is 122 Å². The van der Waals surface area contributed by atoms with Gasteiger partial charge in [-0.1, -0.05) is 24.6 Å². The summed E-state index contributed by atoms with van der Waals surface area (Å²) in [6, 6.07) is 7.63. The quantitative estimate of drug-likeness (QED) is 0.854. The van der Waals surface area contributed by atoms with E-state index >= 15 is 0 Å². The molecule has 1 aromatic rings. The smallest absolute Gasteiger partial charge is 0.243 e. The molecule has 2 rings (SSSR count). The van der Waals surface area contributed by atoms with Crippen LogP contribution < -0.4 is 0 Å². The normalized spacial score (nSPS) is 19.9. The molecule has 0 amide bonds. The lowest BCUT2D eigenvalue weighted by Gasteiger charge is -2.37. The molecule has 0 N–H and O–H groups in total. The summed E-state index contributed by atoms with van der Waals surface area (Å²) in [6.45, 7) is 9.13. The topological polar surface area (TPSA) is 40.6 Å². The molecule has 5 heteroatoms. The van der Waals surface area contributed by atoms with E-state index in [0.29, 0.717) is 24.0 Å². The lowest BCUT2D eigenvalue weighted by Crippen LogP contribution is -2.51. The van der Waals surface area contributed by atoms with Crippen molar-refractivity contribution in [2.45, 2.75) is 38.1 Å². The van der Waals surface area contributed by atoms with Crippen molar-refractivity contribution in [2.75, 3.05) is 26.2 Å². The summed E-state index contributed by atoms with van der Waals surface area (Å²) in [4.78, 5) is 2.77. The Hall–Kier alpha value is -0.910. The molecular weight excluding hydrogens is 272 g/mol. The van der Waals surface area contributed by atoms with Crippen LogP contribution in [0.25, 0.3) is 0 Å². The summed E-state index contributed by atoms with van der Waals surface area (Å²) in [5.41, 5.74) is 1.07. The van der Waals surface area contributed by atoms with E-state index in [2.05, 4.69) is 18.7 Å². The van der Waals surface area contributed by atoms with E-state index in [1.807, 2.05) is 19.1 Å². The molecule has 1 saturated heterocycles. The molecule has 112 valence electrons. The maximum atomic E-state index is 12.6. The van der Waals surface area contributed by atoms with Gasteiger partial charge in [0, 0.05) is 32.2 Å². The van der Waals surface area contributed by atoms with E-state index in [1.165, 1.54) is 0 Å². The minimum Gasteiger partial charge on any atom is -0.298 e. The molecule has 20 heavy (non-hydrogen) atoms. The molecule has 0 radical (unpaired) electrons. The number of rotatable bonds is 4. The van der Waals surface area contributed by atoms with Crippen LogP contribution in [-0.2, 0) is 10.0 Å². The minimum absolute atomic E-state index is 0.403. The Balaban J connectivity index is 2.07. The fourth-order valence-electron chi connectivity index (χ4n) is 2.50. The average molecular weight is 296 g/mol. The van der Waals surface area contributed by atoms with E-state index in [1.54, 1.807) is 16.4 Å². The highest BCUT2D eigenvalue weighted by atomic mass is 32.2. The van der Waals surface area contributed by atoms with E-state index in [4.69, 9.17) is 0 Å². The van der Waals surface area contributed by atoms with Gasteiger partial charge in [0.25, 0.3) is 0 Å². The number of benzene rings is 1. The van der Waals surface area contributed by atoms with Gasteiger partial charge in [0.2, 0.25) is 10.0 Å². The standard InChI is InChI=1S/C15H24N2O2S/c1-4-14(3)16-9-11-17(12-10-16)20(18,19)15-7-5-13(2)6-8-15/h5-8,14H,4,9-12H2,1-3H3. The number of nitrogens with zero attached hydrogens (tertiary/aromatic N) is 2. The third-order valence-corrected chi connectivity index (χ3v) is 6.06. The first-order valence-electron chi connectivity index (χ1n) is 7.26. The van der Waals surface area contributed by atoms with Gasteiger partial charge in [-0.15, -0.1) is 0 Å². The van der Waals surface area contributed by atoms with E-state index in [9.17, 15) is 8.42 Å². The van der Waals surface area contributed by atoms with Gasteiger partial charge in [-0.3, -0.25) is 4.90 Å². The first-order valence-corrected chi connectivity index (χ1v) is 8.70. The summed E-state index contributed by atoms with van der Waals surface area (Å²) >= 11 is 0. The fourth-order valence-corrected chi connectivity index (χ4v) is 3.92. The maximum Gasteiger partial charge on any atom is 0.243 e. The highest BCUT2D eigenvalue weighted by Crippen LogP contribution is 2.19. The second kappa shape index (κ2) is 6.24. The molecule has 0 saturated carbocycles. The summed E-state index contributed by atoms with van der Waals surface area (Å²) < 4.78 is 26.7. The number of aryl methyl sites for hydroxylation is 1. The maximum absolute atomic E-state index is 12.6. The van der Waals surface area contributed by atoms with Gasteiger partial charge >= 0.3 is 0 Å². The number of hydrogen-bond acceptors (Lipinski definition) is 3. The van der Waals surface area contributed by atoms with Crippen molar-refractivity contribution in [3.63, 3.8) is 0 Å². The van der Waals surface area contributed by atoms with Gasteiger partial charge in [0.05, 0.1) is 4.90 Å². The highest BCUT2D eigenvalue weighted by molar-refractivity contribution is 7.89. The molecule has 1 atom stereocenters. The molecule has 1 aromatic carbocycles. The molecular formula is C15H24N2O2S. The predicted molar refractivity (Wildman–Crippen MR) is 81.3 cm³/mol.